The lowest BCUT2D eigenvalue weighted by atomic mass is 10.1. The van der Waals surface area contributed by atoms with E-state index in [9.17, 15) is 14.4 Å². The minimum Gasteiger partial charge on any atom is -0.465 e. The largest absolute Gasteiger partial charge is 0.465 e. The normalized spacial score (nSPS) is 13.5. The Labute approximate surface area is 199 Å². The monoisotopic (exact) mass is 511 g/mol. The van der Waals surface area contributed by atoms with Crippen LogP contribution in [0.15, 0.2) is 69.8 Å². The molecular formula is C24H22BrN3O5. The van der Waals surface area contributed by atoms with Gasteiger partial charge in [-0.25, -0.2) is 4.79 Å². The van der Waals surface area contributed by atoms with Crippen molar-refractivity contribution in [1.29, 1.82) is 0 Å². The Hall–Kier alpha value is -3.59. The van der Waals surface area contributed by atoms with Crippen LogP contribution in [0.5, 0.6) is 0 Å². The molecule has 0 radical (unpaired) electrons. The molecule has 0 spiro atoms. The summed E-state index contributed by atoms with van der Waals surface area (Å²) in [6, 6.07) is 17.4. The van der Waals surface area contributed by atoms with Crippen LogP contribution in [0.4, 0.5) is 11.4 Å². The molecule has 1 saturated heterocycles. The van der Waals surface area contributed by atoms with E-state index < -0.39 is 11.9 Å². The fourth-order valence-electron chi connectivity index (χ4n) is 3.69. The highest BCUT2D eigenvalue weighted by molar-refractivity contribution is 9.10. The maximum absolute atomic E-state index is 12.8. The highest BCUT2D eigenvalue weighted by atomic mass is 79.9. The van der Waals surface area contributed by atoms with E-state index >= 15 is 0 Å². The van der Waals surface area contributed by atoms with Crippen molar-refractivity contribution < 1.29 is 23.5 Å². The van der Waals surface area contributed by atoms with Crippen molar-refractivity contribution in [3.05, 3.63) is 82.2 Å². The quantitative estimate of drug-likeness (QED) is 0.519. The van der Waals surface area contributed by atoms with Crippen molar-refractivity contribution in [1.82, 2.24) is 4.90 Å². The van der Waals surface area contributed by atoms with Crippen LogP contribution in [0.3, 0.4) is 0 Å². The summed E-state index contributed by atoms with van der Waals surface area (Å²) in [5, 5.41) is 2.83. The number of amides is 2. The van der Waals surface area contributed by atoms with Crippen LogP contribution in [-0.4, -0.2) is 56.0 Å². The van der Waals surface area contributed by atoms with Crippen LogP contribution in [0.1, 0.15) is 31.3 Å². The summed E-state index contributed by atoms with van der Waals surface area (Å²) < 4.78 is 10.6. The van der Waals surface area contributed by atoms with Gasteiger partial charge in [-0.15, -0.1) is 0 Å². The number of hydrogen-bond donors (Lipinski definition) is 1. The Balaban J connectivity index is 1.53. The van der Waals surface area contributed by atoms with Crippen molar-refractivity contribution in [2.24, 2.45) is 0 Å². The van der Waals surface area contributed by atoms with Gasteiger partial charge in [0.1, 0.15) is 0 Å². The Morgan fingerprint density at radius 2 is 1.67 bits per heavy atom. The molecular weight excluding hydrogens is 490 g/mol. The number of benzene rings is 2. The molecule has 0 atom stereocenters. The molecule has 1 aliphatic rings. The summed E-state index contributed by atoms with van der Waals surface area (Å²) in [4.78, 5) is 41.4. The number of carbonyl (C=O) groups is 3. The number of ether oxygens (including phenoxy) is 1. The molecule has 4 rings (SSSR count). The second-order valence-corrected chi connectivity index (χ2v) is 8.21. The lowest BCUT2D eigenvalue weighted by Crippen LogP contribution is -2.49. The van der Waals surface area contributed by atoms with E-state index in [4.69, 9.17) is 9.15 Å². The number of furan rings is 1. The standard InChI is InChI=1S/C24H22BrN3O5/c1-32-24(31)17-7-8-19(18(15-17)26-22(29)20-9-10-21(25)33-20)27-11-13-28(14-12-27)23(30)16-5-3-2-4-6-16/h2-10,15H,11-14H2,1H3,(H,26,29). The SMILES string of the molecule is COC(=O)c1ccc(N2CCN(C(=O)c3ccccc3)CC2)c(NC(=O)c2ccc(Br)o2)c1. The summed E-state index contributed by atoms with van der Waals surface area (Å²) in [6.07, 6.45) is 0. The Morgan fingerprint density at radius 1 is 0.939 bits per heavy atom. The Bertz CT molecular complexity index is 1170. The number of halogens is 1. The smallest absolute Gasteiger partial charge is 0.337 e. The molecule has 9 heteroatoms. The number of carbonyl (C=O) groups excluding carboxylic acids is 3. The van der Waals surface area contributed by atoms with E-state index in [1.165, 1.54) is 7.11 Å². The van der Waals surface area contributed by atoms with Crippen molar-refractivity contribution in [2.45, 2.75) is 0 Å². The molecule has 1 fully saturated rings. The summed E-state index contributed by atoms with van der Waals surface area (Å²) in [5.74, 6) is -0.819. The van der Waals surface area contributed by atoms with Crippen molar-refractivity contribution >= 4 is 45.1 Å². The molecule has 2 heterocycles. The molecule has 1 N–H and O–H groups in total. The first-order chi connectivity index (χ1) is 16.0. The number of nitrogens with one attached hydrogen (secondary N) is 1. The molecule has 8 nitrogen and oxygen atoms in total. The third-order valence-electron chi connectivity index (χ3n) is 5.39. The van der Waals surface area contributed by atoms with Crippen molar-refractivity contribution in [3.8, 4) is 0 Å². The Morgan fingerprint density at radius 3 is 2.30 bits per heavy atom. The molecule has 0 saturated carbocycles. The fourth-order valence-corrected chi connectivity index (χ4v) is 4.00. The van der Waals surface area contributed by atoms with Gasteiger partial charge in [0.15, 0.2) is 10.4 Å². The molecule has 2 amide bonds. The molecule has 1 aliphatic heterocycles. The highest BCUT2D eigenvalue weighted by Gasteiger charge is 2.25. The van der Waals surface area contributed by atoms with E-state index in [-0.39, 0.29) is 11.7 Å². The molecule has 0 bridgehead atoms. The third kappa shape index (κ3) is 5.09. The van der Waals surface area contributed by atoms with Gasteiger partial charge >= 0.3 is 5.97 Å². The molecule has 0 unspecified atom stereocenters. The first kappa shape index (κ1) is 22.6. The van der Waals surface area contributed by atoms with Crippen LogP contribution in [0.2, 0.25) is 0 Å². The summed E-state index contributed by atoms with van der Waals surface area (Å²) >= 11 is 3.19. The zero-order valence-electron chi connectivity index (χ0n) is 17.9. The zero-order chi connectivity index (χ0) is 23.4. The first-order valence-electron chi connectivity index (χ1n) is 10.3. The van der Waals surface area contributed by atoms with E-state index in [1.54, 1.807) is 42.5 Å². The maximum atomic E-state index is 12.8. The van der Waals surface area contributed by atoms with Gasteiger partial charge in [0.25, 0.3) is 11.8 Å². The minimum absolute atomic E-state index is 0.00629. The number of rotatable bonds is 5. The van der Waals surface area contributed by atoms with Crippen LogP contribution < -0.4 is 10.2 Å². The molecule has 0 aliphatic carbocycles. The lowest BCUT2D eigenvalue weighted by molar-refractivity contribution is 0.0600. The van der Waals surface area contributed by atoms with Crippen LogP contribution in [0.25, 0.3) is 0 Å². The molecule has 33 heavy (non-hydrogen) atoms. The average molecular weight is 512 g/mol. The predicted molar refractivity (Wildman–Crippen MR) is 127 cm³/mol. The first-order valence-corrected chi connectivity index (χ1v) is 11.1. The molecule has 170 valence electrons. The number of nitrogens with zero attached hydrogens (tertiary/aromatic N) is 2. The summed E-state index contributed by atoms with van der Waals surface area (Å²) in [6.45, 7) is 2.21. The zero-order valence-corrected chi connectivity index (χ0v) is 19.5. The van der Waals surface area contributed by atoms with E-state index in [2.05, 4.69) is 26.1 Å². The lowest BCUT2D eigenvalue weighted by Gasteiger charge is -2.37. The van der Waals surface area contributed by atoms with Gasteiger partial charge in [0, 0.05) is 31.7 Å². The molecule has 1 aromatic heterocycles. The predicted octanol–water partition coefficient (Wildman–Crippen LogP) is 4.04. The van der Waals surface area contributed by atoms with Crippen LogP contribution >= 0.6 is 15.9 Å². The highest BCUT2D eigenvalue weighted by Crippen LogP contribution is 2.30. The molecule has 3 aromatic rings. The average Bonchev–Trinajstić information content (AvgIpc) is 3.30. The number of hydrogen-bond acceptors (Lipinski definition) is 6. The van der Waals surface area contributed by atoms with E-state index in [1.807, 2.05) is 23.1 Å². The maximum Gasteiger partial charge on any atom is 0.337 e. The number of piperazine rings is 1. The van der Waals surface area contributed by atoms with Gasteiger partial charge < -0.3 is 24.3 Å². The number of anilines is 2. The van der Waals surface area contributed by atoms with Gasteiger partial charge in [0.05, 0.1) is 24.0 Å². The number of methoxy groups -OCH3 is 1. The second kappa shape index (κ2) is 9.91. The van der Waals surface area contributed by atoms with Gasteiger partial charge in [0.2, 0.25) is 0 Å². The summed E-state index contributed by atoms with van der Waals surface area (Å²) in [7, 11) is 1.30. The van der Waals surface area contributed by atoms with E-state index in [0.29, 0.717) is 47.7 Å². The second-order valence-electron chi connectivity index (χ2n) is 7.43. The minimum atomic E-state index is -0.504. The fraction of sp³-hybridized carbons (Fsp3) is 0.208. The van der Waals surface area contributed by atoms with Gasteiger partial charge in [-0.3, -0.25) is 9.59 Å². The van der Waals surface area contributed by atoms with Crippen molar-refractivity contribution in [2.75, 3.05) is 43.5 Å². The Kier molecular flexibility index (Phi) is 6.79. The van der Waals surface area contributed by atoms with Gasteiger partial charge in [-0.1, -0.05) is 18.2 Å². The van der Waals surface area contributed by atoms with Gasteiger partial charge in [-0.2, -0.15) is 0 Å². The molecule has 2 aromatic carbocycles. The number of esters is 1. The topological polar surface area (TPSA) is 92.1 Å². The third-order valence-corrected chi connectivity index (χ3v) is 5.82. The van der Waals surface area contributed by atoms with Crippen molar-refractivity contribution in [3.63, 3.8) is 0 Å². The van der Waals surface area contributed by atoms with Gasteiger partial charge in [-0.05, 0) is 58.4 Å². The van der Waals surface area contributed by atoms with Crippen LogP contribution in [0, 0.1) is 0 Å². The van der Waals surface area contributed by atoms with E-state index in [0.717, 1.165) is 5.69 Å². The summed E-state index contributed by atoms with van der Waals surface area (Å²) in [5.41, 5.74) is 2.17. The van der Waals surface area contributed by atoms with Crippen LogP contribution in [-0.2, 0) is 4.74 Å².